The highest BCUT2D eigenvalue weighted by Gasteiger charge is 2.28. The zero-order chi connectivity index (χ0) is 15.9. The Morgan fingerprint density at radius 1 is 1.36 bits per heavy atom. The van der Waals surface area contributed by atoms with E-state index in [-0.39, 0.29) is 16.8 Å². The fraction of sp³-hybridized carbons (Fsp3) is 0.462. The van der Waals surface area contributed by atoms with Crippen LogP contribution in [-0.4, -0.2) is 33.9 Å². The first kappa shape index (κ1) is 14.8. The molecular weight excluding hydrogens is 306 g/mol. The number of carbonyl (C=O) groups excluding carboxylic acids is 1. The van der Waals surface area contributed by atoms with Crippen molar-refractivity contribution in [3.63, 3.8) is 0 Å². The molecule has 3 rings (SSSR count). The predicted molar refractivity (Wildman–Crippen MR) is 77.7 cm³/mol. The highest BCUT2D eigenvalue weighted by Crippen LogP contribution is 2.31. The molecule has 0 radical (unpaired) electrons. The van der Waals surface area contributed by atoms with Gasteiger partial charge in [-0.2, -0.15) is 18.6 Å². The Labute approximate surface area is 128 Å². The van der Waals surface area contributed by atoms with E-state index in [1.165, 1.54) is 30.2 Å². The van der Waals surface area contributed by atoms with Crippen molar-refractivity contribution in [1.29, 1.82) is 0 Å². The third kappa shape index (κ3) is 2.41. The van der Waals surface area contributed by atoms with Crippen LogP contribution in [0.2, 0.25) is 0 Å². The first-order chi connectivity index (χ1) is 10.4. The normalized spacial score (nSPS) is 15.5. The zero-order valence-electron chi connectivity index (χ0n) is 12.4. The first-order valence-electron chi connectivity index (χ1n) is 6.99. The van der Waals surface area contributed by atoms with Crippen LogP contribution in [0.5, 0.6) is 0 Å². The topological polar surface area (TPSA) is 98.9 Å². The van der Waals surface area contributed by atoms with Gasteiger partial charge in [-0.3, -0.25) is 14.2 Å². The maximum atomic E-state index is 12.4. The summed E-state index contributed by atoms with van der Waals surface area (Å²) in [5, 5.41) is 8.00. The molecule has 2 aromatic heterocycles. The second-order valence-corrected chi connectivity index (χ2v) is 7.03. The van der Waals surface area contributed by atoms with Crippen molar-refractivity contribution in [2.24, 2.45) is 7.05 Å². The molecule has 0 aromatic carbocycles. The average Bonchev–Trinajstić information content (AvgIpc) is 2.94. The summed E-state index contributed by atoms with van der Waals surface area (Å²) in [5.41, 5.74) is 0.739. The van der Waals surface area contributed by atoms with Gasteiger partial charge in [0.05, 0.1) is 12.2 Å². The van der Waals surface area contributed by atoms with Crippen molar-refractivity contribution in [3.8, 4) is 0 Å². The summed E-state index contributed by atoms with van der Waals surface area (Å²) in [5.74, 6) is -0.676. The lowest BCUT2D eigenvalue weighted by molar-refractivity contribution is 0.0963. The Morgan fingerprint density at radius 3 is 2.64 bits per heavy atom. The van der Waals surface area contributed by atoms with Crippen molar-refractivity contribution in [2.75, 3.05) is 0 Å². The molecule has 0 unspecified atom stereocenters. The molecule has 0 bridgehead atoms. The third-order valence-corrected chi connectivity index (χ3v) is 5.41. The monoisotopic (exact) mass is 323 g/mol. The largest absolute Gasteiger partial charge is 0.283 e. The summed E-state index contributed by atoms with van der Waals surface area (Å²) in [4.78, 5) is 12.3. The molecule has 1 saturated carbocycles. The van der Waals surface area contributed by atoms with Gasteiger partial charge in [-0.15, -0.1) is 0 Å². The molecule has 2 aromatic rings. The number of nitrogens with zero attached hydrogens (tertiary/aromatic N) is 4. The second kappa shape index (κ2) is 5.24. The van der Waals surface area contributed by atoms with E-state index in [0.717, 1.165) is 19.3 Å². The average molecular weight is 323 g/mol. The maximum Gasteiger partial charge on any atom is 0.283 e. The van der Waals surface area contributed by atoms with Gasteiger partial charge in [-0.05, 0) is 32.3 Å². The van der Waals surface area contributed by atoms with Gasteiger partial charge in [-0.1, -0.05) is 0 Å². The molecule has 0 spiro atoms. The summed E-state index contributed by atoms with van der Waals surface area (Å²) < 4.78 is 29.7. The Bertz CT molecular complexity index is 797. The lowest BCUT2D eigenvalue weighted by atomic mass is 9.93. The number of amides is 1. The second-order valence-electron chi connectivity index (χ2n) is 5.44. The highest BCUT2D eigenvalue weighted by molar-refractivity contribution is 7.90. The molecular formula is C13H17N5O3S. The third-order valence-electron chi connectivity index (χ3n) is 3.86. The molecule has 1 fully saturated rings. The lowest BCUT2D eigenvalue weighted by Crippen LogP contribution is -2.35. The number of rotatable bonds is 4. The van der Waals surface area contributed by atoms with E-state index < -0.39 is 15.9 Å². The lowest BCUT2D eigenvalue weighted by Gasteiger charge is -2.27. The van der Waals surface area contributed by atoms with E-state index in [1.807, 2.05) is 0 Å². The standard InChI is InChI=1S/C13H17N5O3S/c1-9-8-15-17(2)13(9)22(20,21)16-12(19)11-6-7-14-18(11)10-4-3-5-10/h6-8,10H,3-5H2,1-2H3,(H,16,19). The molecule has 9 heteroatoms. The Balaban J connectivity index is 1.87. The molecule has 22 heavy (non-hydrogen) atoms. The van der Waals surface area contributed by atoms with Crippen molar-refractivity contribution in [2.45, 2.75) is 37.3 Å². The minimum absolute atomic E-state index is 0.0180. The van der Waals surface area contributed by atoms with Crippen LogP contribution in [-0.2, 0) is 17.1 Å². The van der Waals surface area contributed by atoms with E-state index >= 15 is 0 Å². The fourth-order valence-electron chi connectivity index (χ4n) is 2.56. The van der Waals surface area contributed by atoms with E-state index in [4.69, 9.17) is 0 Å². The van der Waals surface area contributed by atoms with Crippen LogP contribution >= 0.6 is 0 Å². The summed E-state index contributed by atoms with van der Waals surface area (Å²) >= 11 is 0. The Hall–Kier alpha value is -2.16. The van der Waals surface area contributed by atoms with E-state index in [9.17, 15) is 13.2 Å². The molecule has 1 N–H and O–H groups in total. The molecule has 1 aliphatic rings. The van der Waals surface area contributed by atoms with Crippen molar-refractivity contribution in [1.82, 2.24) is 24.3 Å². The van der Waals surface area contributed by atoms with Crippen molar-refractivity contribution >= 4 is 15.9 Å². The number of hydrogen-bond acceptors (Lipinski definition) is 5. The van der Waals surface area contributed by atoms with Gasteiger partial charge < -0.3 is 0 Å². The minimum Gasteiger partial charge on any atom is -0.266 e. The molecule has 1 aliphatic carbocycles. The summed E-state index contributed by atoms with van der Waals surface area (Å²) in [7, 11) is -2.46. The van der Waals surface area contributed by atoms with Crippen LogP contribution in [0.3, 0.4) is 0 Å². The van der Waals surface area contributed by atoms with Gasteiger partial charge >= 0.3 is 0 Å². The molecule has 0 saturated heterocycles. The quantitative estimate of drug-likeness (QED) is 0.896. The van der Waals surface area contributed by atoms with Crippen LogP contribution in [0.4, 0.5) is 0 Å². The van der Waals surface area contributed by atoms with Gasteiger partial charge in [-0.25, -0.2) is 4.72 Å². The van der Waals surface area contributed by atoms with Crippen LogP contribution in [0.25, 0.3) is 0 Å². The smallest absolute Gasteiger partial charge is 0.266 e. The molecule has 2 heterocycles. The maximum absolute atomic E-state index is 12.4. The fourth-order valence-corrected chi connectivity index (χ4v) is 3.88. The summed E-state index contributed by atoms with van der Waals surface area (Å²) in [6.45, 7) is 1.63. The molecule has 118 valence electrons. The van der Waals surface area contributed by atoms with E-state index in [0.29, 0.717) is 5.56 Å². The SMILES string of the molecule is Cc1cnn(C)c1S(=O)(=O)NC(=O)c1ccnn1C1CCC1. The van der Waals surface area contributed by atoms with Crippen molar-refractivity contribution < 1.29 is 13.2 Å². The Kier molecular flexibility index (Phi) is 3.51. The van der Waals surface area contributed by atoms with Gasteiger partial charge in [0.15, 0.2) is 5.03 Å². The minimum atomic E-state index is -3.97. The van der Waals surface area contributed by atoms with E-state index in [2.05, 4.69) is 14.9 Å². The number of hydrogen-bond donors (Lipinski definition) is 1. The molecule has 8 nitrogen and oxygen atoms in total. The van der Waals surface area contributed by atoms with Gasteiger partial charge in [0.1, 0.15) is 5.69 Å². The highest BCUT2D eigenvalue weighted by atomic mass is 32.2. The van der Waals surface area contributed by atoms with Gasteiger partial charge in [0, 0.05) is 18.8 Å². The predicted octanol–water partition coefficient (Wildman–Crippen LogP) is 0.769. The summed E-state index contributed by atoms with van der Waals surface area (Å²) in [6, 6.07) is 1.70. The van der Waals surface area contributed by atoms with Gasteiger partial charge in [0.25, 0.3) is 15.9 Å². The number of aromatic nitrogens is 4. The molecule has 0 aliphatic heterocycles. The number of sulfonamides is 1. The van der Waals surface area contributed by atoms with Crippen LogP contribution < -0.4 is 4.72 Å². The summed E-state index contributed by atoms with van der Waals surface area (Å²) in [6.07, 6.45) is 5.95. The molecule has 1 amide bonds. The van der Waals surface area contributed by atoms with Crippen LogP contribution in [0.1, 0.15) is 41.4 Å². The number of nitrogens with one attached hydrogen (secondary N) is 1. The Morgan fingerprint density at radius 2 is 2.09 bits per heavy atom. The van der Waals surface area contributed by atoms with Crippen LogP contribution in [0, 0.1) is 6.92 Å². The molecule has 0 atom stereocenters. The van der Waals surface area contributed by atoms with Crippen molar-refractivity contribution in [3.05, 3.63) is 29.7 Å². The number of aryl methyl sites for hydroxylation is 2. The van der Waals surface area contributed by atoms with Crippen LogP contribution in [0.15, 0.2) is 23.5 Å². The zero-order valence-corrected chi connectivity index (χ0v) is 13.2. The first-order valence-corrected chi connectivity index (χ1v) is 8.48. The van der Waals surface area contributed by atoms with Gasteiger partial charge in [0.2, 0.25) is 0 Å². The van der Waals surface area contributed by atoms with E-state index in [1.54, 1.807) is 11.6 Å². The number of carbonyl (C=O) groups is 1.